The standard InChI is InChI=1S/C17H21F3N4/c1-10-13(11(2)23(3)22-10)8-24-9-14-12(16(24)7-21)5-4-6-15(14)17(18,19)20/h4-6,16H,7-9,21H2,1-3H3. The van der Waals surface area contributed by atoms with Crippen molar-refractivity contribution in [2.45, 2.75) is 39.2 Å². The Morgan fingerprint density at radius 2 is 2.00 bits per heavy atom. The molecule has 0 bridgehead atoms. The van der Waals surface area contributed by atoms with Crippen LogP contribution in [-0.4, -0.2) is 21.2 Å². The summed E-state index contributed by atoms with van der Waals surface area (Å²) in [4.78, 5) is 2.01. The molecule has 0 spiro atoms. The number of hydrogen-bond acceptors (Lipinski definition) is 3. The van der Waals surface area contributed by atoms with E-state index < -0.39 is 11.7 Å². The van der Waals surface area contributed by atoms with Crippen molar-refractivity contribution in [3.63, 3.8) is 0 Å². The topological polar surface area (TPSA) is 47.1 Å². The lowest BCUT2D eigenvalue weighted by Gasteiger charge is -2.24. The highest BCUT2D eigenvalue weighted by atomic mass is 19.4. The van der Waals surface area contributed by atoms with Crippen molar-refractivity contribution in [1.29, 1.82) is 0 Å². The van der Waals surface area contributed by atoms with Crippen LogP contribution in [0, 0.1) is 13.8 Å². The summed E-state index contributed by atoms with van der Waals surface area (Å²) in [6.07, 6.45) is -4.35. The molecule has 1 aromatic heterocycles. The first-order valence-electron chi connectivity index (χ1n) is 7.86. The predicted molar refractivity (Wildman–Crippen MR) is 85.2 cm³/mol. The Morgan fingerprint density at radius 3 is 2.54 bits per heavy atom. The maximum atomic E-state index is 13.3. The normalized spacial score (nSPS) is 18.2. The molecule has 0 radical (unpaired) electrons. The lowest BCUT2D eigenvalue weighted by molar-refractivity contribution is -0.138. The van der Waals surface area contributed by atoms with E-state index in [1.807, 2.05) is 25.8 Å². The summed E-state index contributed by atoms with van der Waals surface area (Å²) >= 11 is 0. The van der Waals surface area contributed by atoms with Crippen molar-refractivity contribution in [1.82, 2.24) is 14.7 Å². The second-order valence-corrected chi connectivity index (χ2v) is 6.30. The van der Waals surface area contributed by atoms with Gasteiger partial charge in [-0.2, -0.15) is 18.3 Å². The third-order valence-corrected chi connectivity index (χ3v) is 4.92. The molecule has 1 aromatic carbocycles. The zero-order chi connectivity index (χ0) is 17.6. The van der Waals surface area contributed by atoms with E-state index in [1.54, 1.807) is 10.7 Å². The fourth-order valence-corrected chi connectivity index (χ4v) is 3.56. The van der Waals surface area contributed by atoms with Gasteiger partial charge in [-0.25, -0.2) is 0 Å². The fraction of sp³-hybridized carbons (Fsp3) is 0.471. The molecule has 130 valence electrons. The Bertz CT molecular complexity index is 764. The van der Waals surface area contributed by atoms with E-state index in [0.717, 1.165) is 23.0 Å². The SMILES string of the molecule is Cc1nn(C)c(C)c1CN1Cc2c(cccc2C(F)(F)F)C1CN. The molecule has 3 rings (SSSR count). The van der Waals surface area contributed by atoms with Crippen molar-refractivity contribution in [2.75, 3.05) is 6.54 Å². The summed E-state index contributed by atoms with van der Waals surface area (Å²) in [7, 11) is 1.87. The van der Waals surface area contributed by atoms with Crippen LogP contribution in [0.25, 0.3) is 0 Å². The number of rotatable bonds is 3. The highest BCUT2D eigenvalue weighted by Gasteiger charge is 2.39. The van der Waals surface area contributed by atoms with Crippen LogP contribution in [0.2, 0.25) is 0 Å². The molecule has 1 aliphatic heterocycles. The Morgan fingerprint density at radius 1 is 1.29 bits per heavy atom. The zero-order valence-corrected chi connectivity index (χ0v) is 14.0. The van der Waals surface area contributed by atoms with E-state index in [1.165, 1.54) is 6.07 Å². The number of nitrogens with zero attached hydrogens (tertiary/aromatic N) is 3. The highest BCUT2D eigenvalue weighted by molar-refractivity contribution is 5.42. The molecule has 0 saturated heterocycles. The number of halogens is 3. The second kappa shape index (κ2) is 5.89. The second-order valence-electron chi connectivity index (χ2n) is 6.30. The Balaban J connectivity index is 1.97. The predicted octanol–water partition coefficient (Wildman–Crippen LogP) is 3.07. The van der Waals surface area contributed by atoms with Crippen molar-refractivity contribution in [3.05, 3.63) is 51.8 Å². The summed E-state index contributed by atoms with van der Waals surface area (Å²) in [5.74, 6) is 0. The van der Waals surface area contributed by atoms with Crippen LogP contribution in [0.4, 0.5) is 13.2 Å². The lowest BCUT2D eigenvalue weighted by Crippen LogP contribution is -2.28. The molecule has 0 amide bonds. The van der Waals surface area contributed by atoms with Crippen molar-refractivity contribution in [2.24, 2.45) is 12.8 Å². The smallest absolute Gasteiger partial charge is 0.329 e. The quantitative estimate of drug-likeness (QED) is 0.936. The summed E-state index contributed by atoms with van der Waals surface area (Å²) in [6, 6.07) is 4.16. The number of alkyl halides is 3. The third-order valence-electron chi connectivity index (χ3n) is 4.92. The van der Waals surface area contributed by atoms with Gasteiger partial charge in [0.2, 0.25) is 0 Å². The van der Waals surface area contributed by atoms with Crippen LogP contribution in [0.1, 0.15) is 39.7 Å². The number of benzene rings is 1. The van der Waals surface area contributed by atoms with Crippen LogP contribution in [0.15, 0.2) is 18.2 Å². The largest absolute Gasteiger partial charge is 0.416 e. The molecule has 4 nitrogen and oxygen atoms in total. The van der Waals surface area contributed by atoms with Gasteiger partial charge >= 0.3 is 6.18 Å². The molecule has 24 heavy (non-hydrogen) atoms. The van der Waals surface area contributed by atoms with E-state index >= 15 is 0 Å². The van der Waals surface area contributed by atoms with Crippen LogP contribution < -0.4 is 5.73 Å². The number of nitrogens with two attached hydrogens (primary N) is 1. The van der Waals surface area contributed by atoms with E-state index in [2.05, 4.69) is 5.10 Å². The van der Waals surface area contributed by atoms with Crippen molar-refractivity contribution < 1.29 is 13.2 Å². The van der Waals surface area contributed by atoms with Crippen LogP contribution >= 0.6 is 0 Å². The number of aryl methyl sites for hydroxylation is 2. The molecule has 7 heteroatoms. The van der Waals surface area contributed by atoms with Gasteiger partial charge in [-0.15, -0.1) is 0 Å². The van der Waals surface area contributed by atoms with Crippen molar-refractivity contribution >= 4 is 0 Å². The van der Waals surface area contributed by atoms with Gasteiger partial charge in [0.05, 0.1) is 11.3 Å². The minimum atomic E-state index is -4.35. The fourth-order valence-electron chi connectivity index (χ4n) is 3.56. The Kier molecular flexibility index (Phi) is 4.17. The molecule has 0 aliphatic carbocycles. The molecular formula is C17H21F3N4. The molecule has 1 unspecified atom stereocenters. The minimum absolute atomic E-state index is 0.207. The van der Waals surface area contributed by atoms with Gasteiger partial charge < -0.3 is 5.73 Å². The van der Waals surface area contributed by atoms with E-state index in [-0.39, 0.29) is 19.1 Å². The van der Waals surface area contributed by atoms with Crippen LogP contribution in [0.5, 0.6) is 0 Å². The highest BCUT2D eigenvalue weighted by Crippen LogP contribution is 2.42. The molecule has 0 saturated carbocycles. The van der Waals surface area contributed by atoms with Gasteiger partial charge in [-0.05, 0) is 31.0 Å². The van der Waals surface area contributed by atoms with Gasteiger partial charge in [-0.3, -0.25) is 9.58 Å². The van der Waals surface area contributed by atoms with Crippen LogP contribution in [0.3, 0.4) is 0 Å². The number of fused-ring (bicyclic) bond motifs is 1. The Labute approximate surface area is 139 Å². The first kappa shape index (κ1) is 17.0. The summed E-state index contributed by atoms with van der Waals surface area (Å²) < 4.78 is 41.7. The minimum Gasteiger partial charge on any atom is -0.329 e. The molecule has 2 N–H and O–H groups in total. The van der Waals surface area contributed by atoms with Gasteiger partial charge in [0, 0.05) is 44.0 Å². The maximum absolute atomic E-state index is 13.3. The van der Waals surface area contributed by atoms with E-state index in [4.69, 9.17) is 5.73 Å². The summed E-state index contributed by atoms with van der Waals surface area (Å²) in [6.45, 7) is 4.97. The Hall–Kier alpha value is -1.86. The maximum Gasteiger partial charge on any atom is 0.416 e. The molecule has 1 aliphatic rings. The first-order chi connectivity index (χ1) is 11.2. The molecule has 2 aromatic rings. The summed E-state index contributed by atoms with van der Waals surface area (Å²) in [5.41, 5.74) is 9.35. The average molecular weight is 338 g/mol. The van der Waals surface area contributed by atoms with Gasteiger partial charge in [0.25, 0.3) is 0 Å². The first-order valence-corrected chi connectivity index (χ1v) is 7.86. The third kappa shape index (κ3) is 2.71. The molecule has 0 fully saturated rings. The average Bonchev–Trinajstić information content (AvgIpc) is 2.97. The summed E-state index contributed by atoms with van der Waals surface area (Å²) in [5, 5.41) is 4.39. The molecular weight excluding hydrogens is 317 g/mol. The van der Waals surface area contributed by atoms with Gasteiger partial charge in [0.15, 0.2) is 0 Å². The number of aromatic nitrogens is 2. The zero-order valence-electron chi connectivity index (χ0n) is 14.0. The van der Waals surface area contributed by atoms with Crippen LogP contribution in [-0.2, 0) is 26.3 Å². The van der Waals surface area contributed by atoms with E-state index in [0.29, 0.717) is 17.7 Å². The monoisotopic (exact) mass is 338 g/mol. The van der Waals surface area contributed by atoms with E-state index in [9.17, 15) is 13.2 Å². The molecule has 2 heterocycles. The van der Waals surface area contributed by atoms with Gasteiger partial charge in [0.1, 0.15) is 0 Å². The van der Waals surface area contributed by atoms with Crippen molar-refractivity contribution in [3.8, 4) is 0 Å². The molecule has 1 atom stereocenters. The van der Waals surface area contributed by atoms with Gasteiger partial charge in [-0.1, -0.05) is 12.1 Å². The number of hydrogen-bond donors (Lipinski definition) is 1. The lowest BCUT2D eigenvalue weighted by atomic mass is 9.99.